The van der Waals surface area contributed by atoms with Crippen molar-refractivity contribution >= 4 is 0 Å². The maximum Gasteiger partial charge on any atom is 0.0201 e. The molecule has 56 valence electrons. The van der Waals surface area contributed by atoms with Gasteiger partial charge in [-0.05, 0) is 25.3 Å². The molecule has 3 heterocycles. The minimum atomic E-state index is 0.853. The van der Waals surface area contributed by atoms with E-state index in [0.29, 0.717) is 0 Å². The lowest BCUT2D eigenvalue weighted by Gasteiger charge is -2.35. The van der Waals surface area contributed by atoms with Gasteiger partial charge in [-0.2, -0.15) is 0 Å². The number of fused-ring (bicyclic) bond motifs is 2. The zero-order chi connectivity index (χ0) is 6.55. The van der Waals surface area contributed by atoms with Gasteiger partial charge in [0.1, 0.15) is 0 Å². The Hall–Kier alpha value is -0.0800. The summed E-state index contributed by atoms with van der Waals surface area (Å²) in [7, 11) is 0. The molecule has 0 amide bonds. The number of hydrogen-bond donors (Lipinski definition) is 1. The number of hydrogen-bond acceptors (Lipinski definition) is 2. The largest absolute Gasteiger partial charge is 0.310 e. The van der Waals surface area contributed by atoms with Crippen molar-refractivity contribution < 1.29 is 0 Å². The summed E-state index contributed by atoms with van der Waals surface area (Å²) in [5, 5.41) is 3.70. The topological polar surface area (TPSA) is 15.3 Å². The van der Waals surface area contributed by atoms with E-state index in [2.05, 4.69) is 10.2 Å². The lowest BCUT2D eigenvalue weighted by Crippen LogP contribution is -2.44. The van der Waals surface area contributed by atoms with Gasteiger partial charge >= 0.3 is 0 Å². The normalized spacial score (nSPS) is 57.6. The molecule has 2 heteroatoms. The molecule has 3 rings (SSSR count). The molecule has 3 saturated heterocycles. The van der Waals surface area contributed by atoms with Crippen molar-refractivity contribution in [3.05, 3.63) is 0 Å². The van der Waals surface area contributed by atoms with Crippen LogP contribution in [0.2, 0.25) is 0 Å². The van der Waals surface area contributed by atoms with Gasteiger partial charge in [0.15, 0.2) is 0 Å². The quantitative estimate of drug-likeness (QED) is 0.509. The molecule has 3 aliphatic heterocycles. The van der Waals surface area contributed by atoms with Gasteiger partial charge < -0.3 is 10.2 Å². The van der Waals surface area contributed by atoms with E-state index in [1.54, 1.807) is 0 Å². The van der Waals surface area contributed by atoms with Crippen molar-refractivity contribution in [2.24, 2.45) is 5.92 Å². The number of nitrogens with zero attached hydrogens (tertiary/aromatic N) is 1. The van der Waals surface area contributed by atoms with Gasteiger partial charge in [0, 0.05) is 25.2 Å². The smallest absolute Gasteiger partial charge is 0.0201 e. The maximum atomic E-state index is 3.70. The number of nitrogens with one attached hydrogen (secondary N) is 1. The summed E-state index contributed by atoms with van der Waals surface area (Å²) in [5.41, 5.74) is 0. The van der Waals surface area contributed by atoms with Crippen molar-refractivity contribution in [3.63, 3.8) is 0 Å². The molecule has 10 heavy (non-hydrogen) atoms. The van der Waals surface area contributed by atoms with Crippen LogP contribution in [0.25, 0.3) is 0 Å². The second-order valence-corrected chi connectivity index (χ2v) is 4.01. The highest BCUT2D eigenvalue weighted by Gasteiger charge is 2.42. The van der Waals surface area contributed by atoms with Crippen LogP contribution in [0.5, 0.6) is 0 Å². The molecule has 0 aromatic heterocycles. The molecular weight excluding hydrogens is 124 g/mol. The summed E-state index contributed by atoms with van der Waals surface area (Å²) in [4.78, 5) is 2.62. The minimum absolute atomic E-state index is 0.853. The van der Waals surface area contributed by atoms with Crippen molar-refractivity contribution in [2.75, 3.05) is 19.6 Å². The van der Waals surface area contributed by atoms with Crippen molar-refractivity contribution in [3.8, 4) is 0 Å². The first-order chi connectivity index (χ1) is 4.92. The van der Waals surface area contributed by atoms with Crippen LogP contribution in [-0.4, -0.2) is 36.6 Å². The van der Waals surface area contributed by atoms with Crippen LogP contribution in [0, 0.1) is 5.92 Å². The van der Waals surface area contributed by atoms with E-state index in [9.17, 15) is 0 Å². The Morgan fingerprint density at radius 2 is 2.30 bits per heavy atom. The zero-order valence-corrected chi connectivity index (χ0v) is 6.21. The summed E-state index contributed by atoms with van der Waals surface area (Å²) in [6.45, 7) is 4.06. The SMILES string of the molecule is C1[C@@H]2CN3CC[C@H](N2)[C@H]1C3. The van der Waals surface area contributed by atoms with E-state index in [4.69, 9.17) is 0 Å². The predicted molar refractivity (Wildman–Crippen MR) is 39.9 cm³/mol. The third kappa shape index (κ3) is 0.611. The molecule has 0 aliphatic carbocycles. The Labute approximate surface area is 61.6 Å². The molecule has 3 bridgehead atoms. The Morgan fingerprint density at radius 1 is 1.30 bits per heavy atom. The molecule has 0 aromatic rings. The Bertz CT molecular complexity index is 147. The van der Waals surface area contributed by atoms with Gasteiger partial charge in [-0.1, -0.05) is 0 Å². The lowest BCUT2D eigenvalue weighted by atomic mass is 9.89. The molecule has 4 atom stereocenters. The second-order valence-electron chi connectivity index (χ2n) is 4.01. The van der Waals surface area contributed by atoms with Gasteiger partial charge in [-0.3, -0.25) is 0 Å². The van der Waals surface area contributed by atoms with Crippen molar-refractivity contribution in [1.82, 2.24) is 10.2 Å². The molecular formula is C8H14N2. The fourth-order valence-corrected chi connectivity index (χ4v) is 2.91. The standard InChI is InChI=1S/C8H14N2/c1-2-10-4-6-3-7(5-10)9-8(1)6/h6-9H,1-5H2/t6-,7-,8+/m1/s1. The number of piperidine rings is 2. The minimum Gasteiger partial charge on any atom is -0.310 e. The van der Waals surface area contributed by atoms with Crippen LogP contribution in [0.1, 0.15) is 12.8 Å². The molecule has 0 saturated carbocycles. The van der Waals surface area contributed by atoms with Gasteiger partial charge in [0.2, 0.25) is 0 Å². The molecule has 0 spiro atoms. The van der Waals surface area contributed by atoms with Crippen LogP contribution < -0.4 is 5.32 Å². The van der Waals surface area contributed by atoms with Crippen LogP contribution in [0.15, 0.2) is 0 Å². The Morgan fingerprint density at radius 3 is 3.30 bits per heavy atom. The highest BCUT2D eigenvalue weighted by molar-refractivity contribution is 5.01. The molecule has 3 fully saturated rings. The van der Waals surface area contributed by atoms with E-state index in [1.165, 1.54) is 32.5 Å². The summed E-state index contributed by atoms with van der Waals surface area (Å²) in [6.07, 6.45) is 2.86. The highest BCUT2D eigenvalue weighted by atomic mass is 15.2. The van der Waals surface area contributed by atoms with E-state index in [1.807, 2.05) is 0 Å². The predicted octanol–water partition coefficient (Wildman–Crippen LogP) is 0.0524. The van der Waals surface area contributed by atoms with Gasteiger partial charge in [0.05, 0.1) is 0 Å². The highest BCUT2D eigenvalue weighted by Crippen LogP contribution is 2.32. The fourth-order valence-electron chi connectivity index (χ4n) is 2.91. The van der Waals surface area contributed by atoms with Crippen LogP contribution in [0.4, 0.5) is 0 Å². The molecule has 1 N–H and O–H groups in total. The van der Waals surface area contributed by atoms with E-state index in [-0.39, 0.29) is 0 Å². The van der Waals surface area contributed by atoms with Gasteiger partial charge in [-0.15, -0.1) is 0 Å². The molecule has 0 aromatic carbocycles. The molecule has 0 radical (unpaired) electrons. The van der Waals surface area contributed by atoms with Crippen LogP contribution in [-0.2, 0) is 0 Å². The Balaban J connectivity index is 1.94. The molecule has 2 nitrogen and oxygen atoms in total. The molecule has 3 aliphatic rings. The average Bonchev–Trinajstić information content (AvgIpc) is 2.11. The average molecular weight is 138 g/mol. The second kappa shape index (κ2) is 1.74. The zero-order valence-electron chi connectivity index (χ0n) is 6.21. The van der Waals surface area contributed by atoms with Crippen molar-refractivity contribution in [2.45, 2.75) is 24.9 Å². The summed E-state index contributed by atoms with van der Waals surface area (Å²) in [6, 6.07) is 1.75. The first-order valence-corrected chi connectivity index (χ1v) is 4.40. The van der Waals surface area contributed by atoms with E-state index in [0.717, 1.165) is 18.0 Å². The van der Waals surface area contributed by atoms with E-state index < -0.39 is 0 Å². The summed E-state index contributed by atoms with van der Waals surface area (Å²) < 4.78 is 0. The summed E-state index contributed by atoms with van der Waals surface area (Å²) in [5.74, 6) is 1.01. The fraction of sp³-hybridized carbons (Fsp3) is 1.00. The van der Waals surface area contributed by atoms with E-state index >= 15 is 0 Å². The van der Waals surface area contributed by atoms with Crippen LogP contribution >= 0.6 is 0 Å². The third-order valence-corrected chi connectivity index (χ3v) is 3.33. The molecule has 1 unspecified atom stereocenters. The van der Waals surface area contributed by atoms with Crippen LogP contribution in [0.3, 0.4) is 0 Å². The summed E-state index contributed by atoms with van der Waals surface area (Å²) >= 11 is 0. The lowest BCUT2D eigenvalue weighted by molar-refractivity contribution is 0.149. The van der Waals surface area contributed by atoms with Crippen molar-refractivity contribution in [1.29, 1.82) is 0 Å². The third-order valence-electron chi connectivity index (χ3n) is 3.33. The number of rotatable bonds is 0. The van der Waals surface area contributed by atoms with Gasteiger partial charge in [0.25, 0.3) is 0 Å². The first kappa shape index (κ1) is 5.56. The van der Waals surface area contributed by atoms with Gasteiger partial charge in [-0.25, -0.2) is 0 Å². The first-order valence-electron chi connectivity index (χ1n) is 4.40. The monoisotopic (exact) mass is 138 g/mol. The maximum absolute atomic E-state index is 3.70. The Kier molecular flexibility index (Phi) is 0.968.